The number of carbonyl (C=O) groups excluding carboxylic acids is 1. The van der Waals surface area contributed by atoms with Gasteiger partial charge < -0.3 is 20.5 Å². The maximum Gasteiger partial charge on any atom is 0.257 e. The number of nitrogens with two attached hydrogens (primary N) is 1. The average molecular weight is 264 g/mol. The van der Waals surface area contributed by atoms with Crippen LogP contribution in [0.5, 0.6) is 11.5 Å². The van der Waals surface area contributed by atoms with Gasteiger partial charge in [-0.05, 0) is 24.6 Å². The number of nitrogens with zero attached hydrogens (tertiary/aromatic N) is 1. The molecule has 1 aromatic carbocycles. The van der Waals surface area contributed by atoms with E-state index in [4.69, 9.17) is 10.5 Å². The molecule has 0 saturated carbocycles. The summed E-state index contributed by atoms with van der Waals surface area (Å²) in [6.45, 7) is 3.15. The number of phenolic OH excluding ortho intramolecular Hbond substituents is 1. The fraction of sp³-hybridized carbons (Fsp3) is 0.500. The molecule has 5 nitrogen and oxygen atoms in total. The Kier molecular flexibility index (Phi) is 3.66. The Hall–Kier alpha value is -1.75. The van der Waals surface area contributed by atoms with Crippen LogP contribution in [0.25, 0.3) is 0 Å². The van der Waals surface area contributed by atoms with Gasteiger partial charge in [0.2, 0.25) is 0 Å². The first-order valence-electron chi connectivity index (χ1n) is 6.44. The van der Waals surface area contributed by atoms with Crippen LogP contribution in [-0.2, 0) is 0 Å². The molecule has 0 bridgehead atoms. The number of carbonyl (C=O) groups is 1. The maximum absolute atomic E-state index is 12.3. The molecule has 0 atom stereocenters. The Morgan fingerprint density at radius 2 is 2.21 bits per heavy atom. The van der Waals surface area contributed by atoms with Gasteiger partial charge in [0.25, 0.3) is 5.91 Å². The second-order valence-corrected chi connectivity index (χ2v) is 5.16. The molecular formula is C14H20N2O3. The zero-order valence-electron chi connectivity index (χ0n) is 11.3. The standard InChI is InChI=1S/C14H20N2O3/c1-3-6-14(15)8-16(9-14)13(18)11-7-10(19-2)4-5-12(11)17/h4-5,7,17H,3,6,8-9,15H2,1-2H3. The van der Waals surface area contributed by atoms with Gasteiger partial charge in [-0.2, -0.15) is 0 Å². The van der Waals surface area contributed by atoms with Crippen LogP contribution in [0.1, 0.15) is 30.1 Å². The van der Waals surface area contributed by atoms with E-state index in [0.717, 1.165) is 12.8 Å². The lowest BCUT2D eigenvalue weighted by Gasteiger charge is -2.47. The number of hydrogen-bond acceptors (Lipinski definition) is 4. The minimum Gasteiger partial charge on any atom is -0.507 e. The Bertz CT molecular complexity index is 482. The van der Waals surface area contributed by atoms with Gasteiger partial charge in [0.1, 0.15) is 11.5 Å². The van der Waals surface area contributed by atoms with Crippen LogP contribution in [0.3, 0.4) is 0 Å². The van der Waals surface area contributed by atoms with Gasteiger partial charge in [0.05, 0.1) is 18.2 Å². The number of phenols is 1. The number of rotatable bonds is 4. The lowest BCUT2D eigenvalue weighted by molar-refractivity contribution is 0.0383. The van der Waals surface area contributed by atoms with E-state index < -0.39 is 0 Å². The second-order valence-electron chi connectivity index (χ2n) is 5.16. The predicted octanol–water partition coefficient (Wildman–Crippen LogP) is 1.35. The van der Waals surface area contributed by atoms with Crippen LogP contribution in [-0.4, -0.2) is 41.7 Å². The topological polar surface area (TPSA) is 75.8 Å². The average Bonchev–Trinajstić information content (AvgIpc) is 2.36. The van der Waals surface area contributed by atoms with Crippen molar-refractivity contribution in [3.8, 4) is 11.5 Å². The zero-order chi connectivity index (χ0) is 14.0. The van der Waals surface area contributed by atoms with Crippen LogP contribution in [0.15, 0.2) is 18.2 Å². The Labute approximate surface area is 113 Å². The van der Waals surface area contributed by atoms with Gasteiger partial charge in [-0.15, -0.1) is 0 Å². The summed E-state index contributed by atoms with van der Waals surface area (Å²) in [4.78, 5) is 13.9. The highest BCUT2D eigenvalue weighted by Gasteiger charge is 2.41. The van der Waals surface area contributed by atoms with E-state index in [1.165, 1.54) is 13.2 Å². The molecule has 1 aliphatic heterocycles. The third-order valence-corrected chi connectivity index (χ3v) is 3.48. The lowest BCUT2D eigenvalue weighted by atomic mass is 9.86. The number of aromatic hydroxyl groups is 1. The van der Waals surface area contributed by atoms with E-state index in [0.29, 0.717) is 18.8 Å². The van der Waals surface area contributed by atoms with E-state index in [9.17, 15) is 9.90 Å². The Morgan fingerprint density at radius 1 is 1.53 bits per heavy atom. The molecule has 1 heterocycles. The minimum absolute atomic E-state index is 0.0317. The summed E-state index contributed by atoms with van der Waals surface area (Å²) in [6.07, 6.45) is 1.91. The number of hydrogen-bond donors (Lipinski definition) is 2. The molecule has 1 fully saturated rings. The number of ether oxygens (including phenoxy) is 1. The molecule has 1 aromatic rings. The van der Waals surface area contributed by atoms with Crippen LogP contribution in [0.4, 0.5) is 0 Å². The number of amides is 1. The normalized spacial score (nSPS) is 16.9. The minimum atomic E-state index is -0.265. The molecule has 19 heavy (non-hydrogen) atoms. The van der Waals surface area contributed by atoms with Crippen molar-refractivity contribution in [1.82, 2.24) is 4.90 Å². The van der Waals surface area contributed by atoms with E-state index in [2.05, 4.69) is 6.92 Å². The lowest BCUT2D eigenvalue weighted by Crippen LogP contribution is -2.68. The summed E-state index contributed by atoms with van der Waals surface area (Å²) in [5.41, 5.74) is 6.13. The molecule has 104 valence electrons. The van der Waals surface area contributed by atoms with Crippen molar-refractivity contribution in [2.75, 3.05) is 20.2 Å². The van der Waals surface area contributed by atoms with Crippen LogP contribution in [0.2, 0.25) is 0 Å². The Balaban J connectivity index is 2.10. The summed E-state index contributed by atoms with van der Waals surface area (Å²) in [6, 6.07) is 4.63. The van der Waals surface area contributed by atoms with Gasteiger partial charge in [-0.25, -0.2) is 0 Å². The van der Waals surface area contributed by atoms with Crippen molar-refractivity contribution in [3.05, 3.63) is 23.8 Å². The molecule has 0 unspecified atom stereocenters. The summed E-state index contributed by atoms with van der Waals surface area (Å²) in [5.74, 6) is 0.318. The monoisotopic (exact) mass is 264 g/mol. The number of likely N-dealkylation sites (tertiary alicyclic amines) is 1. The quantitative estimate of drug-likeness (QED) is 0.860. The largest absolute Gasteiger partial charge is 0.507 e. The van der Waals surface area contributed by atoms with E-state index >= 15 is 0 Å². The molecule has 0 spiro atoms. The van der Waals surface area contributed by atoms with Gasteiger partial charge in [-0.1, -0.05) is 13.3 Å². The zero-order valence-corrected chi connectivity index (χ0v) is 11.3. The summed E-state index contributed by atoms with van der Waals surface area (Å²) in [5, 5.41) is 9.77. The van der Waals surface area contributed by atoms with Crippen molar-refractivity contribution in [3.63, 3.8) is 0 Å². The number of benzene rings is 1. The predicted molar refractivity (Wildman–Crippen MR) is 72.4 cm³/mol. The van der Waals surface area contributed by atoms with Crippen LogP contribution in [0, 0.1) is 0 Å². The summed E-state index contributed by atoms with van der Waals surface area (Å²) in [7, 11) is 1.52. The molecule has 0 radical (unpaired) electrons. The number of methoxy groups -OCH3 is 1. The third kappa shape index (κ3) is 2.66. The summed E-state index contributed by atoms with van der Waals surface area (Å²) < 4.78 is 5.06. The highest BCUT2D eigenvalue weighted by Crippen LogP contribution is 2.29. The molecule has 1 saturated heterocycles. The first kappa shape index (κ1) is 13.7. The highest BCUT2D eigenvalue weighted by atomic mass is 16.5. The van der Waals surface area contributed by atoms with Gasteiger partial charge in [0.15, 0.2) is 0 Å². The molecule has 2 rings (SSSR count). The van der Waals surface area contributed by atoms with E-state index in [-0.39, 0.29) is 22.8 Å². The van der Waals surface area contributed by atoms with Gasteiger partial charge in [-0.3, -0.25) is 4.79 Å². The fourth-order valence-corrected chi connectivity index (χ4v) is 2.50. The van der Waals surface area contributed by atoms with Gasteiger partial charge in [0, 0.05) is 13.1 Å². The SMILES string of the molecule is CCCC1(N)CN(C(=O)c2cc(OC)ccc2O)C1. The molecule has 0 aliphatic carbocycles. The van der Waals surface area contributed by atoms with E-state index in [1.807, 2.05) is 0 Å². The van der Waals surface area contributed by atoms with Crippen LogP contribution < -0.4 is 10.5 Å². The Morgan fingerprint density at radius 3 is 2.79 bits per heavy atom. The first-order valence-corrected chi connectivity index (χ1v) is 6.44. The third-order valence-electron chi connectivity index (χ3n) is 3.48. The smallest absolute Gasteiger partial charge is 0.257 e. The van der Waals surface area contributed by atoms with Gasteiger partial charge >= 0.3 is 0 Å². The van der Waals surface area contributed by atoms with Crippen molar-refractivity contribution >= 4 is 5.91 Å². The summed E-state index contributed by atoms with van der Waals surface area (Å²) >= 11 is 0. The second kappa shape index (κ2) is 5.09. The molecule has 0 aromatic heterocycles. The maximum atomic E-state index is 12.3. The van der Waals surface area contributed by atoms with Crippen molar-refractivity contribution in [2.24, 2.45) is 5.73 Å². The molecule has 1 aliphatic rings. The van der Waals surface area contributed by atoms with Crippen molar-refractivity contribution in [1.29, 1.82) is 0 Å². The van der Waals surface area contributed by atoms with Crippen LogP contribution >= 0.6 is 0 Å². The van der Waals surface area contributed by atoms with Crippen molar-refractivity contribution in [2.45, 2.75) is 25.3 Å². The van der Waals surface area contributed by atoms with E-state index in [1.54, 1.807) is 17.0 Å². The first-order chi connectivity index (χ1) is 8.99. The highest BCUT2D eigenvalue weighted by molar-refractivity contribution is 5.98. The van der Waals surface area contributed by atoms with Crippen molar-refractivity contribution < 1.29 is 14.6 Å². The molecule has 1 amide bonds. The molecular weight excluding hydrogens is 244 g/mol. The fourth-order valence-electron chi connectivity index (χ4n) is 2.50. The molecule has 3 N–H and O–H groups in total. The molecule has 5 heteroatoms.